The Hall–Kier alpha value is -1.06. The Labute approximate surface area is 98.6 Å². The molecule has 0 N–H and O–H groups in total. The molecule has 93 valence electrons. The standard InChI is InChI=1S/C12H23N2O2/c1-7-10(12(16)14(5)6)8-9(2)11(15)13(3)4/h9-10H,3,7-8H2,1-2,4-6H3. The van der Waals surface area contributed by atoms with Crippen LogP contribution in [0.4, 0.5) is 0 Å². The highest BCUT2D eigenvalue weighted by molar-refractivity contribution is 5.81. The molecular formula is C12H23N2O2. The van der Waals surface area contributed by atoms with Gasteiger partial charge >= 0.3 is 0 Å². The average molecular weight is 227 g/mol. The van der Waals surface area contributed by atoms with Crippen LogP contribution in [-0.2, 0) is 9.59 Å². The van der Waals surface area contributed by atoms with E-state index in [1.807, 2.05) is 13.8 Å². The fraction of sp³-hybridized carbons (Fsp3) is 0.750. The highest BCUT2D eigenvalue weighted by Crippen LogP contribution is 2.18. The molecule has 0 saturated carbocycles. The fourth-order valence-electron chi connectivity index (χ4n) is 1.71. The van der Waals surface area contributed by atoms with Crippen molar-refractivity contribution >= 4 is 11.8 Å². The van der Waals surface area contributed by atoms with Gasteiger partial charge in [-0.25, -0.2) is 0 Å². The fourth-order valence-corrected chi connectivity index (χ4v) is 1.71. The molecule has 0 aliphatic carbocycles. The summed E-state index contributed by atoms with van der Waals surface area (Å²) in [5, 5.41) is 0. The average Bonchev–Trinajstić information content (AvgIpc) is 2.22. The van der Waals surface area contributed by atoms with Crippen LogP contribution in [0.1, 0.15) is 26.7 Å². The van der Waals surface area contributed by atoms with Crippen LogP contribution in [0, 0.1) is 18.9 Å². The van der Waals surface area contributed by atoms with Gasteiger partial charge in [-0.1, -0.05) is 13.8 Å². The normalized spacial score (nSPS) is 14.1. The van der Waals surface area contributed by atoms with Crippen LogP contribution in [0.15, 0.2) is 0 Å². The number of carbonyl (C=O) groups is 2. The number of hydrogen-bond acceptors (Lipinski definition) is 2. The third-order valence-electron chi connectivity index (χ3n) is 2.72. The van der Waals surface area contributed by atoms with Crippen LogP contribution in [0.25, 0.3) is 0 Å². The second-order valence-electron chi connectivity index (χ2n) is 4.51. The van der Waals surface area contributed by atoms with Crippen LogP contribution in [0.5, 0.6) is 0 Å². The Morgan fingerprint density at radius 2 is 1.69 bits per heavy atom. The van der Waals surface area contributed by atoms with Gasteiger partial charge in [0.15, 0.2) is 0 Å². The molecule has 1 radical (unpaired) electrons. The third-order valence-corrected chi connectivity index (χ3v) is 2.72. The summed E-state index contributed by atoms with van der Waals surface area (Å²) in [4.78, 5) is 26.3. The van der Waals surface area contributed by atoms with Crippen molar-refractivity contribution in [2.24, 2.45) is 11.8 Å². The summed E-state index contributed by atoms with van der Waals surface area (Å²) in [6.07, 6.45) is 1.35. The Bertz CT molecular complexity index is 249. The van der Waals surface area contributed by atoms with E-state index in [4.69, 9.17) is 0 Å². The van der Waals surface area contributed by atoms with Gasteiger partial charge in [-0.2, -0.15) is 0 Å². The van der Waals surface area contributed by atoms with Crippen molar-refractivity contribution in [1.29, 1.82) is 0 Å². The molecule has 2 unspecified atom stereocenters. The maximum Gasteiger partial charge on any atom is 0.225 e. The van der Waals surface area contributed by atoms with Crippen molar-refractivity contribution in [3.05, 3.63) is 7.05 Å². The molecule has 4 nitrogen and oxygen atoms in total. The van der Waals surface area contributed by atoms with Gasteiger partial charge in [0.25, 0.3) is 0 Å². The molecule has 0 rings (SSSR count). The van der Waals surface area contributed by atoms with E-state index < -0.39 is 0 Å². The number of hydrogen-bond donors (Lipinski definition) is 0. The van der Waals surface area contributed by atoms with Gasteiger partial charge in [0, 0.05) is 40.0 Å². The first kappa shape index (κ1) is 14.9. The molecule has 2 amide bonds. The summed E-state index contributed by atoms with van der Waals surface area (Å²) in [6, 6.07) is 0. The number of rotatable bonds is 5. The maximum atomic E-state index is 11.8. The van der Waals surface area contributed by atoms with E-state index in [9.17, 15) is 9.59 Å². The zero-order valence-corrected chi connectivity index (χ0v) is 11.0. The van der Waals surface area contributed by atoms with Crippen molar-refractivity contribution in [2.75, 3.05) is 21.1 Å². The molecule has 0 aliphatic heterocycles. The molecule has 0 spiro atoms. The minimum absolute atomic E-state index is 0.0231. The predicted octanol–water partition coefficient (Wildman–Crippen LogP) is 1.38. The second kappa shape index (κ2) is 6.51. The molecule has 0 aromatic carbocycles. The maximum absolute atomic E-state index is 11.8. The second-order valence-corrected chi connectivity index (χ2v) is 4.51. The topological polar surface area (TPSA) is 40.6 Å². The summed E-state index contributed by atoms with van der Waals surface area (Å²) < 4.78 is 0. The Morgan fingerprint density at radius 3 is 2.00 bits per heavy atom. The van der Waals surface area contributed by atoms with Crippen LogP contribution in [0.3, 0.4) is 0 Å². The molecule has 0 bridgehead atoms. The quantitative estimate of drug-likeness (QED) is 0.712. The van der Waals surface area contributed by atoms with Crippen LogP contribution >= 0.6 is 0 Å². The summed E-state index contributed by atoms with van der Waals surface area (Å²) >= 11 is 0. The van der Waals surface area contributed by atoms with Gasteiger partial charge < -0.3 is 9.80 Å². The Kier molecular flexibility index (Phi) is 6.08. The molecule has 0 aliphatic rings. The first-order valence-electron chi connectivity index (χ1n) is 5.60. The summed E-state index contributed by atoms with van der Waals surface area (Å²) in [6.45, 7) is 3.81. The number of carbonyl (C=O) groups excluding carboxylic acids is 2. The van der Waals surface area contributed by atoms with Crippen molar-refractivity contribution in [3.8, 4) is 0 Å². The zero-order chi connectivity index (χ0) is 12.9. The van der Waals surface area contributed by atoms with Gasteiger partial charge in [-0.3, -0.25) is 9.59 Å². The summed E-state index contributed by atoms with van der Waals surface area (Å²) in [5.41, 5.74) is 0. The van der Waals surface area contributed by atoms with E-state index in [2.05, 4.69) is 7.05 Å². The molecular weight excluding hydrogens is 204 g/mol. The lowest BCUT2D eigenvalue weighted by Crippen LogP contribution is -2.33. The molecule has 0 fully saturated rings. The van der Waals surface area contributed by atoms with Crippen molar-refractivity contribution in [1.82, 2.24) is 9.80 Å². The van der Waals surface area contributed by atoms with Gasteiger partial charge in [-0.15, -0.1) is 0 Å². The lowest BCUT2D eigenvalue weighted by Gasteiger charge is -2.23. The van der Waals surface area contributed by atoms with Crippen LogP contribution < -0.4 is 0 Å². The third kappa shape index (κ3) is 4.21. The number of nitrogens with zero attached hydrogens (tertiary/aromatic N) is 2. The molecule has 16 heavy (non-hydrogen) atoms. The lowest BCUT2D eigenvalue weighted by molar-refractivity contribution is -0.136. The minimum atomic E-state index is -0.156. The van der Waals surface area contributed by atoms with Crippen molar-refractivity contribution < 1.29 is 9.59 Å². The lowest BCUT2D eigenvalue weighted by atomic mass is 9.92. The predicted molar refractivity (Wildman–Crippen MR) is 64.4 cm³/mol. The number of amides is 2. The van der Waals surface area contributed by atoms with Gasteiger partial charge in [0.05, 0.1) is 0 Å². The smallest absolute Gasteiger partial charge is 0.225 e. The van der Waals surface area contributed by atoms with E-state index in [1.54, 1.807) is 26.0 Å². The molecule has 4 heteroatoms. The Balaban J connectivity index is 4.44. The highest BCUT2D eigenvalue weighted by Gasteiger charge is 2.24. The largest absolute Gasteiger partial charge is 0.349 e. The first-order valence-corrected chi connectivity index (χ1v) is 5.60. The molecule has 0 aromatic rings. The van der Waals surface area contributed by atoms with Gasteiger partial charge in [0.1, 0.15) is 0 Å². The van der Waals surface area contributed by atoms with E-state index in [1.165, 1.54) is 4.90 Å². The van der Waals surface area contributed by atoms with Crippen LogP contribution in [0.2, 0.25) is 0 Å². The van der Waals surface area contributed by atoms with Crippen molar-refractivity contribution in [2.45, 2.75) is 26.7 Å². The van der Waals surface area contributed by atoms with E-state index >= 15 is 0 Å². The molecule has 2 atom stereocenters. The SMILES string of the molecule is [CH2]N(C)C(=O)C(C)CC(CC)C(=O)N(C)C. The summed E-state index contributed by atoms with van der Waals surface area (Å²) in [5.74, 6) is -0.163. The molecule has 0 saturated heterocycles. The summed E-state index contributed by atoms with van der Waals surface area (Å²) in [7, 11) is 8.68. The molecule has 0 aromatic heterocycles. The highest BCUT2D eigenvalue weighted by atomic mass is 16.2. The Morgan fingerprint density at radius 1 is 1.19 bits per heavy atom. The minimum Gasteiger partial charge on any atom is -0.349 e. The monoisotopic (exact) mass is 227 g/mol. The van der Waals surface area contributed by atoms with E-state index in [0.717, 1.165) is 6.42 Å². The van der Waals surface area contributed by atoms with Gasteiger partial charge in [-0.05, 0) is 12.8 Å². The van der Waals surface area contributed by atoms with Crippen LogP contribution in [-0.4, -0.2) is 42.8 Å². The van der Waals surface area contributed by atoms with E-state index in [0.29, 0.717) is 6.42 Å². The zero-order valence-electron chi connectivity index (χ0n) is 11.0. The first-order chi connectivity index (χ1) is 7.31. The molecule has 0 heterocycles. The van der Waals surface area contributed by atoms with Gasteiger partial charge in [0.2, 0.25) is 11.8 Å². The van der Waals surface area contributed by atoms with E-state index in [-0.39, 0.29) is 23.7 Å². The van der Waals surface area contributed by atoms with Crippen molar-refractivity contribution in [3.63, 3.8) is 0 Å².